The molecule has 1 saturated carbocycles. The number of hydrogen-bond donors (Lipinski definition) is 1. The Morgan fingerprint density at radius 2 is 2.15 bits per heavy atom. The van der Waals surface area contributed by atoms with Crippen LogP contribution in [-0.2, 0) is 6.42 Å². The number of carboxylic acids is 1. The van der Waals surface area contributed by atoms with Crippen LogP contribution in [0.1, 0.15) is 61.3 Å². The zero-order valence-corrected chi connectivity index (χ0v) is 11.8. The van der Waals surface area contributed by atoms with Crippen molar-refractivity contribution in [2.75, 3.05) is 0 Å². The topological polar surface area (TPSA) is 55.1 Å². The van der Waals surface area contributed by atoms with E-state index in [2.05, 4.69) is 16.5 Å². The summed E-state index contributed by atoms with van der Waals surface area (Å²) in [6.45, 7) is 2.14. The molecule has 0 aliphatic heterocycles. The van der Waals surface area contributed by atoms with Crippen molar-refractivity contribution in [2.24, 2.45) is 0 Å². The summed E-state index contributed by atoms with van der Waals surface area (Å²) >= 11 is 0. The Balaban J connectivity index is 2.25. The second-order valence-electron chi connectivity index (χ2n) is 5.56. The Morgan fingerprint density at radius 1 is 1.40 bits per heavy atom. The molecular weight excluding hydrogens is 252 g/mol. The molecule has 1 aliphatic rings. The third-order valence-corrected chi connectivity index (χ3v) is 4.18. The summed E-state index contributed by atoms with van der Waals surface area (Å²) in [5, 5.41) is 9.45. The van der Waals surface area contributed by atoms with Gasteiger partial charge in [-0.3, -0.25) is 0 Å². The predicted molar refractivity (Wildman–Crippen MR) is 78.2 cm³/mol. The highest BCUT2D eigenvalue weighted by atomic mass is 16.4. The average Bonchev–Trinajstić information content (AvgIpc) is 3.04. The highest BCUT2D eigenvalue weighted by molar-refractivity contribution is 6.01. The number of carboxylic acid groups (broad SMARTS) is 1. The lowest BCUT2D eigenvalue weighted by atomic mass is 10.1. The molecule has 1 N–H and O–H groups in total. The zero-order chi connectivity index (χ0) is 14.1. The maximum absolute atomic E-state index is 11.5. The molecule has 0 bridgehead atoms. The minimum absolute atomic E-state index is 0.379. The number of imidazole rings is 1. The number of hydrogen-bond acceptors (Lipinski definition) is 2. The Morgan fingerprint density at radius 3 is 2.80 bits per heavy atom. The van der Waals surface area contributed by atoms with Crippen LogP contribution in [0.2, 0.25) is 0 Å². The van der Waals surface area contributed by atoms with Gasteiger partial charge in [-0.05, 0) is 31.4 Å². The van der Waals surface area contributed by atoms with Crippen molar-refractivity contribution in [1.82, 2.24) is 9.55 Å². The minimum atomic E-state index is -0.863. The van der Waals surface area contributed by atoms with Crippen molar-refractivity contribution in [3.8, 4) is 0 Å². The first-order valence-corrected chi connectivity index (χ1v) is 7.45. The normalized spacial score (nSPS) is 16.1. The minimum Gasteiger partial charge on any atom is -0.478 e. The Bertz CT molecular complexity index is 639. The van der Waals surface area contributed by atoms with Crippen LogP contribution in [-0.4, -0.2) is 20.6 Å². The molecule has 20 heavy (non-hydrogen) atoms. The smallest absolute Gasteiger partial charge is 0.337 e. The Hall–Kier alpha value is -1.84. The van der Waals surface area contributed by atoms with Crippen LogP contribution < -0.4 is 0 Å². The first-order chi connectivity index (χ1) is 9.72. The molecule has 2 aromatic rings. The summed E-state index contributed by atoms with van der Waals surface area (Å²) in [6.07, 6.45) is 6.66. The summed E-state index contributed by atoms with van der Waals surface area (Å²) in [7, 11) is 0. The fourth-order valence-corrected chi connectivity index (χ4v) is 3.33. The van der Waals surface area contributed by atoms with Crippen LogP contribution in [0.3, 0.4) is 0 Å². The van der Waals surface area contributed by atoms with Gasteiger partial charge in [0.05, 0.1) is 16.6 Å². The molecule has 0 amide bonds. The summed E-state index contributed by atoms with van der Waals surface area (Å²) < 4.78 is 2.22. The molecule has 0 saturated heterocycles. The van der Waals surface area contributed by atoms with Crippen LogP contribution in [0, 0.1) is 0 Å². The van der Waals surface area contributed by atoms with Gasteiger partial charge in [0.2, 0.25) is 0 Å². The van der Waals surface area contributed by atoms with Gasteiger partial charge in [0.1, 0.15) is 5.82 Å². The third-order valence-electron chi connectivity index (χ3n) is 4.18. The number of carbonyl (C=O) groups is 1. The number of aromatic carboxylic acids is 1. The standard InChI is InChI=1S/C16H20N2O2/c1-2-6-14-17-13-10-5-9-12(16(19)20)15(13)18(14)11-7-3-4-8-11/h5,9-11H,2-4,6-8H2,1H3,(H,19,20). The van der Waals surface area contributed by atoms with E-state index in [1.165, 1.54) is 12.8 Å². The quantitative estimate of drug-likeness (QED) is 0.921. The second-order valence-corrected chi connectivity index (χ2v) is 5.56. The molecule has 106 valence electrons. The predicted octanol–water partition coefficient (Wildman–Crippen LogP) is 3.80. The molecule has 3 rings (SSSR count). The van der Waals surface area contributed by atoms with Gasteiger partial charge in [0, 0.05) is 12.5 Å². The van der Waals surface area contributed by atoms with Crippen LogP contribution in [0.5, 0.6) is 0 Å². The fraction of sp³-hybridized carbons (Fsp3) is 0.500. The van der Waals surface area contributed by atoms with E-state index in [4.69, 9.17) is 0 Å². The molecule has 1 aromatic carbocycles. The number of para-hydroxylation sites is 1. The van der Waals surface area contributed by atoms with Crippen molar-refractivity contribution in [1.29, 1.82) is 0 Å². The average molecular weight is 272 g/mol. The number of aromatic nitrogens is 2. The van der Waals surface area contributed by atoms with Gasteiger partial charge in [-0.15, -0.1) is 0 Å². The van der Waals surface area contributed by atoms with Crippen molar-refractivity contribution in [2.45, 2.75) is 51.5 Å². The fourth-order valence-electron chi connectivity index (χ4n) is 3.33. The summed E-state index contributed by atoms with van der Waals surface area (Å²) in [5.74, 6) is 0.181. The molecule has 1 aromatic heterocycles. The number of rotatable bonds is 4. The zero-order valence-electron chi connectivity index (χ0n) is 11.8. The SMILES string of the molecule is CCCc1nc2cccc(C(=O)O)c2n1C1CCCC1. The second kappa shape index (κ2) is 5.27. The van der Waals surface area contributed by atoms with Gasteiger partial charge in [0.15, 0.2) is 0 Å². The number of benzene rings is 1. The maximum Gasteiger partial charge on any atom is 0.337 e. The Kier molecular flexibility index (Phi) is 3.47. The number of nitrogens with zero attached hydrogens (tertiary/aromatic N) is 2. The van der Waals surface area contributed by atoms with Crippen LogP contribution in [0.4, 0.5) is 0 Å². The van der Waals surface area contributed by atoms with E-state index in [0.29, 0.717) is 11.6 Å². The maximum atomic E-state index is 11.5. The largest absolute Gasteiger partial charge is 0.478 e. The van der Waals surface area contributed by atoms with Crippen molar-refractivity contribution >= 4 is 17.0 Å². The van der Waals surface area contributed by atoms with E-state index < -0.39 is 5.97 Å². The van der Waals surface area contributed by atoms with Crippen LogP contribution >= 0.6 is 0 Å². The molecule has 1 aliphatic carbocycles. The van der Waals surface area contributed by atoms with Crippen molar-refractivity contribution in [3.05, 3.63) is 29.6 Å². The first kappa shape index (κ1) is 13.2. The Labute approximate surface area is 118 Å². The van der Waals surface area contributed by atoms with E-state index in [0.717, 1.165) is 42.5 Å². The van der Waals surface area contributed by atoms with Crippen LogP contribution in [0.15, 0.2) is 18.2 Å². The molecule has 4 nitrogen and oxygen atoms in total. The molecule has 0 atom stereocenters. The molecular formula is C16H20N2O2. The lowest BCUT2D eigenvalue weighted by molar-refractivity contribution is 0.0698. The lowest BCUT2D eigenvalue weighted by Crippen LogP contribution is -2.11. The van der Waals surface area contributed by atoms with Gasteiger partial charge in [0.25, 0.3) is 0 Å². The molecule has 0 unspecified atom stereocenters. The molecule has 1 heterocycles. The van der Waals surface area contributed by atoms with Crippen molar-refractivity contribution in [3.63, 3.8) is 0 Å². The summed E-state index contributed by atoms with van der Waals surface area (Å²) in [6, 6.07) is 5.81. The molecule has 0 radical (unpaired) electrons. The summed E-state index contributed by atoms with van der Waals surface area (Å²) in [5.41, 5.74) is 2.01. The highest BCUT2D eigenvalue weighted by Gasteiger charge is 2.24. The van der Waals surface area contributed by atoms with Crippen molar-refractivity contribution < 1.29 is 9.90 Å². The van der Waals surface area contributed by atoms with Gasteiger partial charge in [-0.25, -0.2) is 9.78 Å². The van der Waals surface area contributed by atoms with Gasteiger partial charge in [-0.2, -0.15) is 0 Å². The van der Waals surface area contributed by atoms with E-state index >= 15 is 0 Å². The van der Waals surface area contributed by atoms with E-state index in [1.807, 2.05) is 6.07 Å². The lowest BCUT2D eigenvalue weighted by Gasteiger charge is -2.17. The monoisotopic (exact) mass is 272 g/mol. The molecule has 0 spiro atoms. The first-order valence-electron chi connectivity index (χ1n) is 7.45. The number of aryl methyl sites for hydroxylation is 1. The third kappa shape index (κ3) is 2.09. The summed E-state index contributed by atoms with van der Waals surface area (Å²) in [4.78, 5) is 16.2. The van der Waals surface area contributed by atoms with Gasteiger partial charge in [-0.1, -0.05) is 25.8 Å². The number of fused-ring (bicyclic) bond motifs is 1. The highest BCUT2D eigenvalue weighted by Crippen LogP contribution is 2.35. The van der Waals surface area contributed by atoms with Gasteiger partial charge < -0.3 is 9.67 Å². The molecule has 1 fully saturated rings. The molecule has 4 heteroatoms. The van der Waals surface area contributed by atoms with E-state index in [1.54, 1.807) is 12.1 Å². The van der Waals surface area contributed by atoms with Crippen LogP contribution in [0.25, 0.3) is 11.0 Å². The van der Waals surface area contributed by atoms with E-state index in [9.17, 15) is 9.90 Å². The van der Waals surface area contributed by atoms with E-state index in [-0.39, 0.29) is 0 Å². The van der Waals surface area contributed by atoms with Gasteiger partial charge >= 0.3 is 5.97 Å².